The lowest BCUT2D eigenvalue weighted by molar-refractivity contribution is 0.414. The molecule has 6 nitrogen and oxygen atoms in total. The quantitative estimate of drug-likeness (QED) is 0.766. The van der Waals surface area contributed by atoms with Crippen molar-refractivity contribution in [1.29, 1.82) is 0 Å². The largest absolute Gasteiger partial charge is 0.298 e. The number of benzene rings is 1. The van der Waals surface area contributed by atoms with Gasteiger partial charge < -0.3 is 0 Å². The normalized spacial score (nSPS) is 15.6. The molecule has 7 heteroatoms. The smallest absolute Gasteiger partial charge is 0.270 e. The first-order valence-electron chi connectivity index (χ1n) is 8.55. The van der Waals surface area contributed by atoms with Gasteiger partial charge in [-0.2, -0.15) is 0 Å². The fraction of sp³-hybridized carbons (Fsp3) is 0.263. The summed E-state index contributed by atoms with van der Waals surface area (Å²) in [5, 5.41) is 3.20. The van der Waals surface area contributed by atoms with Gasteiger partial charge in [0.05, 0.1) is 23.7 Å². The second-order valence-corrected chi connectivity index (χ2v) is 7.98. The molecule has 0 fully saturated rings. The second-order valence-electron chi connectivity index (χ2n) is 6.50. The van der Waals surface area contributed by atoms with Gasteiger partial charge in [0.2, 0.25) is 0 Å². The summed E-state index contributed by atoms with van der Waals surface area (Å²) in [7, 11) is -1.23. The summed E-state index contributed by atoms with van der Waals surface area (Å²) in [6.07, 6.45) is 4.07. The molecule has 3 aromatic rings. The predicted octanol–water partition coefficient (Wildman–Crippen LogP) is 2.01. The third-order valence-electron chi connectivity index (χ3n) is 4.60. The Morgan fingerprint density at radius 1 is 1.23 bits per heavy atom. The Kier molecular flexibility index (Phi) is 4.57. The molecular weight excluding hydrogens is 348 g/mol. The van der Waals surface area contributed by atoms with Crippen molar-refractivity contribution in [3.8, 4) is 0 Å². The van der Waals surface area contributed by atoms with Crippen LogP contribution < -0.4 is 5.56 Å². The van der Waals surface area contributed by atoms with Gasteiger partial charge >= 0.3 is 0 Å². The van der Waals surface area contributed by atoms with Gasteiger partial charge in [-0.3, -0.25) is 14.9 Å². The Balaban J connectivity index is 1.55. The molecule has 0 amide bonds. The topological polar surface area (TPSA) is 71.0 Å². The molecule has 0 aliphatic carbocycles. The van der Waals surface area contributed by atoms with Crippen molar-refractivity contribution in [2.75, 3.05) is 6.54 Å². The van der Waals surface area contributed by atoms with E-state index in [0.717, 1.165) is 27.3 Å². The number of hydrogen-bond acceptors (Lipinski definition) is 3. The van der Waals surface area contributed by atoms with Gasteiger partial charge in [-0.05, 0) is 37.1 Å². The van der Waals surface area contributed by atoms with E-state index in [1.807, 2.05) is 47.6 Å². The van der Waals surface area contributed by atoms with E-state index >= 15 is 0 Å². The SMILES string of the molecule is Cc1ccc(S(=O)N2CCc3c([nH]n(Cc4cccnc4)c3=O)C2)cc1. The first-order chi connectivity index (χ1) is 12.6. The molecule has 26 heavy (non-hydrogen) atoms. The zero-order valence-electron chi connectivity index (χ0n) is 14.5. The van der Waals surface area contributed by atoms with Crippen LogP contribution in [0.15, 0.2) is 58.5 Å². The minimum absolute atomic E-state index is 0.00428. The van der Waals surface area contributed by atoms with E-state index < -0.39 is 11.0 Å². The predicted molar refractivity (Wildman–Crippen MR) is 100 cm³/mol. The Labute approximate surface area is 154 Å². The number of aromatic amines is 1. The number of pyridine rings is 1. The molecule has 0 radical (unpaired) electrons. The fourth-order valence-electron chi connectivity index (χ4n) is 3.18. The summed E-state index contributed by atoms with van der Waals surface area (Å²) < 4.78 is 16.3. The van der Waals surface area contributed by atoms with Gasteiger partial charge in [0, 0.05) is 24.5 Å². The summed E-state index contributed by atoms with van der Waals surface area (Å²) in [6, 6.07) is 11.5. The van der Waals surface area contributed by atoms with E-state index in [-0.39, 0.29) is 5.56 Å². The Bertz CT molecular complexity index is 993. The van der Waals surface area contributed by atoms with Crippen molar-refractivity contribution in [1.82, 2.24) is 19.1 Å². The highest BCUT2D eigenvalue weighted by Crippen LogP contribution is 2.20. The van der Waals surface area contributed by atoms with E-state index in [0.29, 0.717) is 26.1 Å². The number of fused-ring (bicyclic) bond motifs is 1. The highest BCUT2D eigenvalue weighted by molar-refractivity contribution is 7.82. The van der Waals surface area contributed by atoms with Crippen LogP contribution in [0.5, 0.6) is 0 Å². The number of nitrogens with one attached hydrogen (secondary N) is 1. The lowest BCUT2D eigenvalue weighted by atomic mass is 10.1. The lowest BCUT2D eigenvalue weighted by Crippen LogP contribution is -2.33. The summed E-state index contributed by atoms with van der Waals surface area (Å²) >= 11 is 0. The maximum atomic E-state index is 12.8. The molecule has 1 N–H and O–H groups in total. The molecule has 2 aromatic heterocycles. The highest BCUT2D eigenvalue weighted by atomic mass is 32.2. The van der Waals surface area contributed by atoms with Crippen molar-refractivity contribution < 1.29 is 4.21 Å². The fourth-order valence-corrected chi connectivity index (χ4v) is 4.36. The number of H-pyrrole nitrogens is 1. The van der Waals surface area contributed by atoms with Crippen molar-refractivity contribution in [2.24, 2.45) is 0 Å². The minimum atomic E-state index is -1.23. The maximum absolute atomic E-state index is 12.8. The van der Waals surface area contributed by atoms with Crippen molar-refractivity contribution in [3.63, 3.8) is 0 Å². The number of hydrogen-bond donors (Lipinski definition) is 1. The van der Waals surface area contributed by atoms with Gasteiger partial charge in [-0.25, -0.2) is 13.2 Å². The molecular formula is C19H20N4O2S. The Hall–Kier alpha value is -2.51. The van der Waals surface area contributed by atoms with Gasteiger partial charge in [0.1, 0.15) is 11.0 Å². The van der Waals surface area contributed by atoms with Crippen LogP contribution in [0.4, 0.5) is 0 Å². The van der Waals surface area contributed by atoms with Crippen LogP contribution in [-0.2, 0) is 30.5 Å². The average Bonchev–Trinajstić information content (AvgIpc) is 2.97. The van der Waals surface area contributed by atoms with Gasteiger partial charge in [-0.1, -0.05) is 23.8 Å². The van der Waals surface area contributed by atoms with Crippen LogP contribution in [0.3, 0.4) is 0 Å². The molecule has 4 rings (SSSR count). The van der Waals surface area contributed by atoms with Crippen LogP contribution >= 0.6 is 0 Å². The molecule has 0 bridgehead atoms. The number of nitrogens with zero attached hydrogens (tertiary/aromatic N) is 3. The van der Waals surface area contributed by atoms with E-state index in [4.69, 9.17) is 0 Å². The average molecular weight is 368 g/mol. The second kappa shape index (κ2) is 7.01. The first-order valence-corrected chi connectivity index (χ1v) is 9.65. The third-order valence-corrected chi connectivity index (χ3v) is 6.06. The Morgan fingerprint density at radius 2 is 2.04 bits per heavy atom. The molecule has 1 aromatic carbocycles. The zero-order chi connectivity index (χ0) is 18.1. The minimum Gasteiger partial charge on any atom is -0.298 e. The zero-order valence-corrected chi connectivity index (χ0v) is 15.3. The summed E-state index contributed by atoms with van der Waals surface area (Å²) in [5.41, 5.74) is 3.76. The molecule has 0 saturated heterocycles. The van der Waals surface area contributed by atoms with Crippen molar-refractivity contribution in [2.45, 2.75) is 31.3 Å². The molecule has 1 aliphatic rings. The molecule has 134 valence electrons. The molecule has 3 heterocycles. The molecule has 0 spiro atoms. The molecule has 1 unspecified atom stereocenters. The van der Waals surface area contributed by atoms with Crippen LogP contribution in [0, 0.1) is 6.92 Å². The molecule has 1 atom stereocenters. The number of rotatable bonds is 4. The first kappa shape index (κ1) is 16.9. The van der Waals surface area contributed by atoms with Gasteiger partial charge in [0.15, 0.2) is 0 Å². The maximum Gasteiger partial charge on any atom is 0.270 e. The number of aromatic nitrogens is 3. The van der Waals surface area contributed by atoms with Gasteiger partial charge in [0.25, 0.3) is 5.56 Å². The standard InChI is InChI=1S/C19H20N4O2S/c1-14-4-6-16(7-5-14)26(25)22-10-8-17-18(13-22)21-23(19(17)24)12-15-3-2-9-20-11-15/h2-7,9,11,21H,8,10,12-13H2,1H3. The lowest BCUT2D eigenvalue weighted by Gasteiger charge is -2.24. The Morgan fingerprint density at radius 3 is 2.77 bits per heavy atom. The van der Waals surface area contributed by atoms with Crippen molar-refractivity contribution >= 4 is 11.0 Å². The van der Waals surface area contributed by atoms with Crippen LogP contribution in [0.2, 0.25) is 0 Å². The monoisotopic (exact) mass is 368 g/mol. The highest BCUT2D eigenvalue weighted by Gasteiger charge is 2.26. The summed E-state index contributed by atoms with van der Waals surface area (Å²) in [6.45, 7) is 3.55. The molecule has 0 saturated carbocycles. The number of aryl methyl sites for hydroxylation is 1. The van der Waals surface area contributed by atoms with Crippen LogP contribution in [0.25, 0.3) is 0 Å². The van der Waals surface area contributed by atoms with Crippen LogP contribution in [0.1, 0.15) is 22.4 Å². The van der Waals surface area contributed by atoms with E-state index in [2.05, 4.69) is 10.1 Å². The third kappa shape index (κ3) is 3.27. The van der Waals surface area contributed by atoms with Crippen LogP contribution in [-0.4, -0.2) is 29.8 Å². The van der Waals surface area contributed by atoms with Crippen molar-refractivity contribution in [3.05, 3.63) is 81.5 Å². The molecule has 1 aliphatic heterocycles. The summed E-state index contributed by atoms with van der Waals surface area (Å²) in [4.78, 5) is 17.5. The van der Waals surface area contributed by atoms with Gasteiger partial charge in [-0.15, -0.1) is 0 Å². The summed E-state index contributed by atoms with van der Waals surface area (Å²) in [5.74, 6) is 0. The van der Waals surface area contributed by atoms with E-state index in [1.165, 1.54) is 0 Å². The van der Waals surface area contributed by atoms with E-state index in [1.54, 1.807) is 17.1 Å². The van der Waals surface area contributed by atoms with E-state index in [9.17, 15) is 9.00 Å².